The van der Waals surface area contributed by atoms with E-state index in [1.165, 1.54) is 61.0 Å². The number of aromatic nitrogens is 2. The molecule has 1 unspecified atom stereocenters. The van der Waals surface area contributed by atoms with Crippen molar-refractivity contribution >= 4 is 39.2 Å². The normalized spacial score (nSPS) is 24.1. The molecule has 0 saturated carbocycles. The standard InChI is InChI=1S/C22H31N3O2.C22H29N3O2.CH4/c2*1-5-15(12-26)23-22(27)14-9-18-16-7-6-8-19-21(16)17(13(2)25(19)4)10-20(18)24(3)11-14;/h6-8,14-15,18,20,26H,5,9-12H2,1-4H3,(H,23,27);6-9,14-15,20,26H,5,10-12H2,1-4H3,(H,23,27);1H4/t14-,15+,18?,20-;14-,15+,20-;/m11./s1. The zero-order valence-corrected chi connectivity index (χ0v) is 33.4. The molecule has 298 valence electrons. The number of piperidine rings is 1. The molecule has 7 atom stereocenters. The fourth-order valence-corrected chi connectivity index (χ4v) is 9.96. The van der Waals surface area contributed by atoms with Gasteiger partial charge in [-0.05, 0) is 100 Å². The van der Waals surface area contributed by atoms with Crippen molar-refractivity contribution in [1.82, 2.24) is 29.6 Å². The van der Waals surface area contributed by atoms with Gasteiger partial charge in [0.2, 0.25) is 11.8 Å². The number of aryl methyl sites for hydroxylation is 2. The number of carbonyl (C=O) groups is 2. The lowest BCUT2D eigenvalue weighted by Gasteiger charge is -2.45. The number of likely N-dealkylation sites (N-methyl/N-ethyl adjacent to an activating group) is 2. The van der Waals surface area contributed by atoms with Gasteiger partial charge in [0.25, 0.3) is 0 Å². The van der Waals surface area contributed by atoms with E-state index in [1.807, 2.05) is 13.8 Å². The van der Waals surface area contributed by atoms with Crippen LogP contribution in [0.15, 0.2) is 42.5 Å². The van der Waals surface area contributed by atoms with Crippen molar-refractivity contribution in [2.75, 3.05) is 40.4 Å². The topological polar surface area (TPSA) is 115 Å². The van der Waals surface area contributed by atoms with E-state index >= 15 is 0 Å². The number of rotatable bonds is 8. The van der Waals surface area contributed by atoms with E-state index in [0.29, 0.717) is 24.5 Å². The number of aliphatic hydroxyl groups excluding tert-OH is 2. The summed E-state index contributed by atoms with van der Waals surface area (Å²) in [5.74, 6) is 0.257. The number of nitrogens with zero attached hydrogens (tertiary/aromatic N) is 4. The summed E-state index contributed by atoms with van der Waals surface area (Å²) >= 11 is 0. The lowest BCUT2D eigenvalue weighted by Crippen LogP contribution is -2.52. The molecule has 2 aliphatic heterocycles. The van der Waals surface area contributed by atoms with Crippen molar-refractivity contribution < 1.29 is 19.8 Å². The van der Waals surface area contributed by atoms with Crippen LogP contribution in [-0.4, -0.2) is 106 Å². The van der Waals surface area contributed by atoms with Crippen LogP contribution in [0.2, 0.25) is 0 Å². The van der Waals surface area contributed by atoms with Crippen molar-refractivity contribution in [3.63, 3.8) is 0 Å². The summed E-state index contributed by atoms with van der Waals surface area (Å²) in [6.45, 7) is 9.86. The summed E-state index contributed by atoms with van der Waals surface area (Å²) in [4.78, 5) is 30.3. The Kier molecular flexibility index (Phi) is 12.0. The summed E-state index contributed by atoms with van der Waals surface area (Å²) in [6, 6.07) is 13.6. The first-order valence-corrected chi connectivity index (χ1v) is 20.0. The van der Waals surface area contributed by atoms with Gasteiger partial charge in [-0.15, -0.1) is 0 Å². The van der Waals surface area contributed by atoms with Crippen LogP contribution >= 0.6 is 0 Å². The van der Waals surface area contributed by atoms with E-state index in [4.69, 9.17) is 0 Å². The summed E-state index contributed by atoms with van der Waals surface area (Å²) < 4.78 is 4.59. The van der Waals surface area contributed by atoms with Crippen molar-refractivity contribution in [3.8, 4) is 0 Å². The molecule has 8 rings (SSSR count). The molecule has 2 amide bonds. The minimum atomic E-state index is -0.191. The number of likely N-dealkylation sites (tertiary alicyclic amines) is 1. The number of nitrogens with one attached hydrogen (secondary N) is 2. The summed E-state index contributed by atoms with van der Waals surface area (Å²) in [7, 11) is 8.56. The minimum Gasteiger partial charge on any atom is -0.394 e. The van der Waals surface area contributed by atoms with E-state index in [0.717, 1.165) is 38.6 Å². The molecule has 55 heavy (non-hydrogen) atoms. The van der Waals surface area contributed by atoms with Crippen molar-refractivity contribution in [3.05, 3.63) is 76.1 Å². The average Bonchev–Trinajstić information content (AvgIpc) is 3.58. The maximum Gasteiger partial charge on any atom is 0.228 e. The molecule has 4 aliphatic rings. The number of aliphatic hydroxyl groups is 2. The molecule has 0 spiro atoms. The third-order valence-corrected chi connectivity index (χ3v) is 13.5. The molecule has 1 fully saturated rings. The zero-order valence-electron chi connectivity index (χ0n) is 33.4. The Labute approximate surface area is 327 Å². The first-order valence-electron chi connectivity index (χ1n) is 20.0. The van der Waals surface area contributed by atoms with E-state index in [-0.39, 0.29) is 56.4 Å². The predicted molar refractivity (Wildman–Crippen MR) is 223 cm³/mol. The monoisotopic (exact) mass is 752 g/mol. The number of hydrogen-bond acceptors (Lipinski definition) is 6. The van der Waals surface area contributed by atoms with E-state index < -0.39 is 0 Å². The van der Waals surface area contributed by atoms with Crippen LogP contribution in [0.25, 0.3) is 27.4 Å². The molecule has 2 aromatic carbocycles. The van der Waals surface area contributed by atoms with Crippen LogP contribution in [-0.2, 0) is 36.5 Å². The third kappa shape index (κ3) is 7.04. The number of hydrogen-bond donors (Lipinski definition) is 4. The zero-order chi connectivity index (χ0) is 38.6. The first kappa shape index (κ1) is 40.7. The largest absolute Gasteiger partial charge is 0.394 e. The number of fused-ring (bicyclic) bond motifs is 4. The van der Waals surface area contributed by atoms with Crippen LogP contribution in [0.5, 0.6) is 0 Å². The predicted octanol–water partition coefficient (Wildman–Crippen LogP) is 5.21. The Balaban J connectivity index is 0.000000184. The molecule has 4 N–H and O–H groups in total. The average molecular weight is 753 g/mol. The molecule has 4 aromatic rings. The first-order chi connectivity index (χ1) is 25.9. The van der Waals surface area contributed by atoms with Gasteiger partial charge in [-0.3, -0.25) is 14.5 Å². The summed E-state index contributed by atoms with van der Waals surface area (Å²) in [6.07, 6.45) is 6.59. The van der Waals surface area contributed by atoms with E-state index in [1.54, 1.807) is 0 Å². The highest BCUT2D eigenvalue weighted by Gasteiger charge is 2.42. The maximum absolute atomic E-state index is 12.8. The van der Waals surface area contributed by atoms with Crippen LogP contribution in [0, 0.1) is 25.7 Å². The Morgan fingerprint density at radius 2 is 1.36 bits per heavy atom. The second-order valence-electron chi connectivity index (χ2n) is 16.4. The van der Waals surface area contributed by atoms with Crippen LogP contribution in [0.3, 0.4) is 0 Å². The van der Waals surface area contributed by atoms with Crippen molar-refractivity contribution in [1.29, 1.82) is 0 Å². The van der Waals surface area contributed by atoms with Crippen LogP contribution in [0.1, 0.15) is 80.1 Å². The fraction of sp³-hybridized carbons (Fsp3) is 0.556. The second-order valence-corrected chi connectivity index (χ2v) is 16.4. The van der Waals surface area contributed by atoms with Gasteiger partial charge in [0, 0.05) is 78.4 Å². The molecule has 10 heteroatoms. The number of benzene rings is 2. The smallest absolute Gasteiger partial charge is 0.228 e. The highest BCUT2D eigenvalue weighted by molar-refractivity contribution is 6.00. The minimum absolute atomic E-state index is 0. The molecular weight excluding hydrogens is 689 g/mol. The Morgan fingerprint density at radius 1 is 0.782 bits per heavy atom. The lowest BCUT2D eigenvalue weighted by atomic mass is 9.72. The molecule has 4 heterocycles. The highest BCUT2D eigenvalue weighted by Crippen LogP contribution is 2.46. The van der Waals surface area contributed by atoms with Gasteiger partial charge in [0.05, 0.1) is 37.1 Å². The van der Waals surface area contributed by atoms with Crippen LogP contribution in [0.4, 0.5) is 0 Å². The van der Waals surface area contributed by atoms with Crippen LogP contribution < -0.4 is 10.6 Å². The summed E-state index contributed by atoms with van der Waals surface area (Å²) in [5.41, 5.74) is 12.1. The lowest BCUT2D eigenvalue weighted by molar-refractivity contribution is -0.128. The Morgan fingerprint density at radius 3 is 1.98 bits per heavy atom. The molecule has 10 nitrogen and oxygen atoms in total. The van der Waals surface area contributed by atoms with Crippen molar-refractivity contribution in [2.24, 2.45) is 25.9 Å². The van der Waals surface area contributed by atoms with Gasteiger partial charge in [-0.1, -0.05) is 51.6 Å². The second kappa shape index (κ2) is 16.3. The molecule has 0 bridgehead atoms. The van der Waals surface area contributed by atoms with E-state index in [9.17, 15) is 19.8 Å². The summed E-state index contributed by atoms with van der Waals surface area (Å²) in [5, 5.41) is 27.6. The van der Waals surface area contributed by atoms with Gasteiger partial charge in [-0.25, -0.2) is 0 Å². The molecule has 2 aromatic heterocycles. The Bertz CT molecular complexity index is 2090. The van der Waals surface area contributed by atoms with Gasteiger partial charge in [-0.2, -0.15) is 0 Å². The molecule has 2 aliphatic carbocycles. The molecule has 1 saturated heterocycles. The SMILES string of the molecule is C.CC[C@@H](CO)NC(=O)[C@@H]1C=C2c3cccc4c3c(c(C)n4C)C[C@H]2N(C)C1.CC[C@@H](CO)NC(=O)[C@@H]1CC2c3cccc4c3c(c(C)n4C)C[C@H]2N(C)C1. The molecule has 0 radical (unpaired) electrons. The quantitative estimate of drug-likeness (QED) is 0.197. The number of amides is 2. The maximum atomic E-state index is 12.8. The third-order valence-electron chi connectivity index (χ3n) is 13.5. The fourth-order valence-electron chi connectivity index (χ4n) is 9.96. The van der Waals surface area contributed by atoms with Gasteiger partial charge >= 0.3 is 0 Å². The molecular formula is C45H64N6O4. The van der Waals surface area contributed by atoms with E-state index in [2.05, 4.69) is 114 Å². The highest BCUT2D eigenvalue weighted by atomic mass is 16.3. The van der Waals surface area contributed by atoms with Gasteiger partial charge in [0.15, 0.2) is 0 Å². The van der Waals surface area contributed by atoms with Crippen molar-refractivity contribution in [2.45, 2.75) is 97.3 Å². The Hall–Kier alpha value is -3.96. The van der Waals surface area contributed by atoms with Gasteiger partial charge in [0.1, 0.15) is 0 Å². The van der Waals surface area contributed by atoms with Gasteiger partial charge < -0.3 is 34.9 Å². The number of carbonyl (C=O) groups excluding carboxylic acids is 2.